The molecular formula is C18H20N3O3+. The highest BCUT2D eigenvalue weighted by Crippen LogP contribution is 2.29. The number of hydrogen-bond donors (Lipinski definition) is 3. The molecule has 0 saturated heterocycles. The molecule has 6 heteroatoms. The van der Waals surface area contributed by atoms with Crippen LogP contribution in [0.3, 0.4) is 0 Å². The Bertz CT molecular complexity index is 733. The van der Waals surface area contributed by atoms with Crippen LogP contribution in [0.1, 0.15) is 29.6 Å². The number of primary amides is 1. The van der Waals surface area contributed by atoms with Crippen molar-refractivity contribution in [1.29, 1.82) is 0 Å². The number of nitrogens with one attached hydrogen (secondary N) is 1. The van der Waals surface area contributed by atoms with Crippen LogP contribution >= 0.6 is 0 Å². The molecule has 0 fully saturated rings. The van der Waals surface area contributed by atoms with E-state index in [2.05, 4.69) is 5.32 Å². The van der Waals surface area contributed by atoms with Crippen LogP contribution in [0.15, 0.2) is 54.6 Å². The zero-order valence-corrected chi connectivity index (χ0v) is 13.1. The smallest absolute Gasteiger partial charge is 0.319 e. The first-order chi connectivity index (χ1) is 11.6. The number of para-hydroxylation sites is 1. The first-order valence-electron chi connectivity index (χ1n) is 7.87. The average Bonchev–Trinajstić information content (AvgIpc) is 2.60. The number of fused-ring (bicyclic) bond motifs is 1. The van der Waals surface area contributed by atoms with E-state index < -0.39 is 18.0 Å². The fourth-order valence-electron chi connectivity index (χ4n) is 3.01. The van der Waals surface area contributed by atoms with Crippen LogP contribution in [0.4, 0.5) is 4.79 Å². The Kier molecular flexibility index (Phi) is 4.77. The first kappa shape index (κ1) is 16.0. The van der Waals surface area contributed by atoms with E-state index in [1.807, 2.05) is 59.9 Å². The summed E-state index contributed by atoms with van der Waals surface area (Å²) in [7, 11) is 0. The van der Waals surface area contributed by atoms with Gasteiger partial charge in [-0.3, -0.25) is 10.1 Å². The van der Waals surface area contributed by atoms with Crippen LogP contribution < -0.4 is 21.1 Å². The van der Waals surface area contributed by atoms with Gasteiger partial charge in [0.1, 0.15) is 11.8 Å². The van der Waals surface area contributed by atoms with E-state index in [9.17, 15) is 9.59 Å². The number of amides is 3. The highest BCUT2D eigenvalue weighted by molar-refractivity contribution is 5.96. The third kappa shape index (κ3) is 3.55. The molecule has 24 heavy (non-hydrogen) atoms. The molecule has 2 atom stereocenters. The Balaban J connectivity index is 1.87. The van der Waals surface area contributed by atoms with Crippen LogP contribution in [0.2, 0.25) is 0 Å². The summed E-state index contributed by atoms with van der Waals surface area (Å²) in [5.41, 5.74) is 6.99. The average molecular weight is 326 g/mol. The molecule has 0 bridgehead atoms. The van der Waals surface area contributed by atoms with Crippen molar-refractivity contribution in [2.45, 2.75) is 18.5 Å². The SMILES string of the molecule is NC(=O)NC(=O)[C@H]([NH2+][C@H]1CCOc2ccccc21)c1ccccc1. The standard InChI is InChI=1S/C18H19N3O3/c19-18(23)21-17(22)16(12-6-2-1-3-7-12)20-14-10-11-24-15-9-5-4-8-13(14)15/h1-9,14,16,20H,10-11H2,(H3,19,21,22,23)/p+1/t14-,16+/m0/s1. The summed E-state index contributed by atoms with van der Waals surface area (Å²) >= 11 is 0. The molecule has 0 spiro atoms. The van der Waals surface area contributed by atoms with E-state index in [0.717, 1.165) is 23.3 Å². The Labute approximate surface area is 140 Å². The maximum atomic E-state index is 12.5. The fourth-order valence-corrected chi connectivity index (χ4v) is 3.01. The van der Waals surface area contributed by atoms with Crippen LogP contribution in [-0.2, 0) is 4.79 Å². The molecule has 1 aliphatic rings. The number of urea groups is 1. The molecule has 0 radical (unpaired) electrons. The van der Waals surface area contributed by atoms with Gasteiger partial charge in [-0.25, -0.2) is 4.79 Å². The number of hydrogen-bond acceptors (Lipinski definition) is 3. The number of benzene rings is 2. The highest BCUT2D eigenvalue weighted by Gasteiger charge is 2.32. The zero-order chi connectivity index (χ0) is 16.9. The predicted octanol–water partition coefficient (Wildman–Crippen LogP) is 1.01. The largest absolute Gasteiger partial charge is 0.493 e. The van der Waals surface area contributed by atoms with Crippen molar-refractivity contribution in [3.63, 3.8) is 0 Å². The lowest BCUT2D eigenvalue weighted by Gasteiger charge is -2.27. The summed E-state index contributed by atoms with van der Waals surface area (Å²) in [4.78, 5) is 23.6. The maximum Gasteiger partial charge on any atom is 0.319 e. The second-order valence-corrected chi connectivity index (χ2v) is 5.72. The molecule has 1 heterocycles. The van der Waals surface area contributed by atoms with E-state index in [1.54, 1.807) is 0 Å². The second-order valence-electron chi connectivity index (χ2n) is 5.72. The fraction of sp³-hybridized carbons (Fsp3) is 0.222. The number of nitrogens with two attached hydrogens (primary N) is 2. The van der Waals surface area contributed by atoms with Gasteiger partial charge in [-0.2, -0.15) is 0 Å². The Morgan fingerprint density at radius 1 is 1.12 bits per heavy atom. The molecule has 6 nitrogen and oxygen atoms in total. The van der Waals surface area contributed by atoms with E-state index in [1.165, 1.54) is 0 Å². The molecule has 0 aliphatic carbocycles. The summed E-state index contributed by atoms with van der Waals surface area (Å²) in [6, 6.07) is 15.8. The summed E-state index contributed by atoms with van der Waals surface area (Å²) in [5, 5.41) is 4.16. The second kappa shape index (κ2) is 7.14. The number of rotatable bonds is 4. The summed E-state index contributed by atoms with van der Waals surface area (Å²) in [5.74, 6) is 0.421. The van der Waals surface area contributed by atoms with Gasteiger partial charge >= 0.3 is 6.03 Å². The molecular weight excluding hydrogens is 306 g/mol. The topological polar surface area (TPSA) is 98.0 Å². The quantitative estimate of drug-likeness (QED) is 0.782. The lowest BCUT2D eigenvalue weighted by atomic mass is 9.97. The van der Waals surface area contributed by atoms with Gasteiger partial charge in [0.15, 0.2) is 6.04 Å². The molecule has 5 N–H and O–H groups in total. The monoisotopic (exact) mass is 326 g/mol. The number of ether oxygens (including phenoxy) is 1. The van der Waals surface area contributed by atoms with Crippen molar-refractivity contribution in [1.82, 2.24) is 5.32 Å². The molecule has 0 unspecified atom stereocenters. The van der Waals surface area contributed by atoms with Crippen molar-refractivity contribution in [2.24, 2.45) is 5.73 Å². The third-order valence-corrected chi connectivity index (χ3v) is 4.12. The Morgan fingerprint density at radius 3 is 2.58 bits per heavy atom. The van der Waals surface area contributed by atoms with Crippen LogP contribution in [0, 0.1) is 0 Å². The van der Waals surface area contributed by atoms with E-state index in [4.69, 9.17) is 10.5 Å². The van der Waals surface area contributed by atoms with Gasteiger partial charge in [0.2, 0.25) is 0 Å². The van der Waals surface area contributed by atoms with E-state index >= 15 is 0 Å². The Morgan fingerprint density at radius 2 is 1.83 bits per heavy atom. The normalized spacial score (nSPS) is 17.2. The third-order valence-electron chi connectivity index (χ3n) is 4.12. The molecule has 124 valence electrons. The molecule has 3 rings (SSSR count). The van der Waals surface area contributed by atoms with Crippen molar-refractivity contribution >= 4 is 11.9 Å². The summed E-state index contributed by atoms with van der Waals surface area (Å²) in [6.07, 6.45) is 0.782. The van der Waals surface area contributed by atoms with Gasteiger partial charge < -0.3 is 15.8 Å². The van der Waals surface area contributed by atoms with Crippen LogP contribution in [0.5, 0.6) is 5.75 Å². The van der Waals surface area contributed by atoms with Crippen LogP contribution in [0.25, 0.3) is 0 Å². The van der Waals surface area contributed by atoms with Crippen molar-refractivity contribution in [3.05, 3.63) is 65.7 Å². The van der Waals surface area contributed by atoms with Crippen LogP contribution in [-0.4, -0.2) is 18.5 Å². The van der Waals surface area contributed by atoms with Gasteiger partial charge in [-0.05, 0) is 12.1 Å². The minimum atomic E-state index is -0.846. The van der Waals surface area contributed by atoms with Gasteiger partial charge in [0.05, 0.1) is 12.2 Å². The number of carbonyl (C=O) groups excluding carboxylic acids is 2. The molecule has 0 saturated carbocycles. The maximum absolute atomic E-state index is 12.5. The van der Waals surface area contributed by atoms with Gasteiger partial charge in [0.25, 0.3) is 5.91 Å². The minimum absolute atomic E-state index is 0.0683. The molecule has 2 aromatic rings. The van der Waals surface area contributed by atoms with Crippen molar-refractivity contribution in [3.8, 4) is 5.75 Å². The number of carbonyl (C=O) groups is 2. The summed E-state index contributed by atoms with van der Waals surface area (Å²) in [6.45, 7) is 0.594. The van der Waals surface area contributed by atoms with Gasteiger partial charge in [-0.1, -0.05) is 42.5 Å². The molecule has 3 amide bonds. The first-order valence-corrected chi connectivity index (χ1v) is 7.87. The lowest BCUT2D eigenvalue weighted by Crippen LogP contribution is -2.89. The predicted molar refractivity (Wildman–Crippen MR) is 88.1 cm³/mol. The number of quaternary nitrogens is 1. The van der Waals surface area contributed by atoms with Crippen molar-refractivity contribution < 1.29 is 19.6 Å². The zero-order valence-electron chi connectivity index (χ0n) is 13.1. The van der Waals surface area contributed by atoms with E-state index in [0.29, 0.717) is 6.61 Å². The summed E-state index contributed by atoms with van der Waals surface area (Å²) < 4.78 is 5.67. The Hall–Kier alpha value is -2.86. The highest BCUT2D eigenvalue weighted by atomic mass is 16.5. The number of imide groups is 1. The van der Waals surface area contributed by atoms with E-state index in [-0.39, 0.29) is 6.04 Å². The molecule has 1 aliphatic heterocycles. The van der Waals surface area contributed by atoms with Gasteiger partial charge in [-0.15, -0.1) is 0 Å². The lowest BCUT2D eigenvalue weighted by molar-refractivity contribution is -0.723. The van der Waals surface area contributed by atoms with Crippen molar-refractivity contribution in [2.75, 3.05) is 6.61 Å². The molecule has 0 aromatic heterocycles. The minimum Gasteiger partial charge on any atom is -0.493 e. The molecule has 2 aromatic carbocycles. The van der Waals surface area contributed by atoms with Gasteiger partial charge in [0, 0.05) is 12.0 Å².